The number of benzene rings is 1. The normalized spacial score (nSPS) is 10.7. The molecule has 0 spiro atoms. The Labute approximate surface area is 110 Å². The van der Waals surface area contributed by atoms with Crippen LogP contribution in [-0.2, 0) is 0 Å². The van der Waals surface area contributed by atoms with E-state index in [4.69, 9.17) is 5.73 Å². The van der Waals surface area contributed by atoms with Crippen LogP contribution < -0.4 is 11.1 Å². The molecule has 0 unspecified atom stereocenters. The van der Waals surface area contributed by atoms with Crippen molar-refractivity contribution in [3.05, 3.63) is 41.1 Å². The van der Waals surface area contributed by atoms with Gasteiger partial charge >= 0.3 is 0 Å². The lowest BCUT2D eigenvalue weighted by atomic mass is 10.0. The van der Waals surface area contributed by atoms with Crippen LogP contribution >= 0.6 is 0 Å². The first-order valence-electron chi connectivity index (χ1n) is 6.48. The van der Waals surface area contributed by atoms with Crippen molar-refractivity contribution in [1.82, 2.24) is 5.32 Å². The van der Waals surface area contributed by atoms with E-state index in [1.807, 2.05) is 25.3 Å². The summed E-state index contributed by atoms with van der Waals surface area (Å²) in [4.78, 5) is 0. The van der Waals surface area contributed by atoms with Gasteiger partial charge in [0.25, 0.3) is 0 Å². The van der Waals surface area contributed by atoms with Crippen LogP contribution in [0.3, 0.4) is 0 Å². The van der Waals surface area contributed by atoms with Crippen LogP contribution in [0.5, 0.6) is 0 Å². The Kier molecular flexibility index (Phi) is 5.87. The molecule has 0 aliphatic rings. The first-order valence-corrected chi connectivity index (χ1v) is 6.48. The molecule has 0 atom stereocenters. The third-order valence-corrected chi connectivity index (χ3v) is 2.60. The van der Waals surface area contributed by atoms with Crippen LogP contribution in [0.15, 0.2) is 24.4 Å². The Hall–Kier alpha value is -1.88. The summed E-state index contributed by atoms with van der Waals surface area (Å²) in [5.41, 5.74) is 10.1. The fraction of sp³-hybridized carbons (Fsp3) is 0.375. The summed E-state index contributed by atoms with van der Waals surface area (Å²) < 4.78 is 0. The molecule has 18 heavy (non-hydrogen) atoms. The lowest BCUT2D eigenvalue weighted by Gasteiger charge is -2.07. The molecule has 0 fully saturated rings. The van der Waals surface area contributed by atoms with Gasteiger partial charge in [-0.3, -0.25) is 0 Å². The maximum atomic E-state index is 6.05. The van der Waals surface area contributed by atoms with Gasteiger partial charge in [-0.1, -0.05) is 31.8 Å². The van der Waals surface area contributed by atoms with E-state index in [9.17, 15) is 0 Å². The molecular formula is C16H22N2. The van der Waals surface area contributed by atoms with Crippen LogP contribution in [0.4, 0.5) is 0 Å². The molecule has 0 aromatic heterocycles. The zero-order valence-corrected chi connectivity index (χ0v) is 11.5. The van der Waals surface area contributed by atoms with Gasteiger partial charge in [-0.25, -0.2) is 0 Å². The van der Waals surface area contributed by atoms with E-state index in [0.29, 0.717) is 0 Å². The Bertz CT molecular complexity index is 476. The number of hydrogen-bond acceptors (Lipinski definition) is 2. The lowest BCUT2D eigenvalue weighted by molar-refractivity contribution is 0.809. The molecule has 3 N–H and O–H groups in total. The van der Waals surface area contributed by atoms with E-state index in [1.165, 1.54) is 0 Å². The molecule has 1 rings (SSSR count). The molecule has 0 radical (unpaired) electrons. The molecule has 0 bridgehead atoms. The van der Waals surface area contributed by atoms with Crippen LogP contribution in [0.2, 0.25) is 0 Å². The van der Waals surface area contributed by atoms with Crippen molar-refractivity contribution < 1.29 is 0 Å². The minimum atomic E-state index is 0.774. The van der Waals surface area contributed by atoms with Crippen LogP contribution in [-0.4, -0.2) is 6.54 Å². The molecule has 0 heterocycles. The van der Waals surface area contributed by atoms with Gasteiger partial charge in [0.1, 0.15) is 0 Å². The Morgan fingerprint density at radius 2 is 2.17 bits per heavy atom. The van der Waals surface area contributed by atoms with Crippen LogP contribution in [0, 0.1) is 18.8 Å². The van der Waals surface area contributed by atoms with Crippen molar-refractivity contribution in [1.29, 1.82) is 0 Å². The van der Waals surface area contributed by atoms with Crippen molar-refractivity contribution in [2.75, 3.05) is 6.54 Å². The van der Waals surface area contributed by atoms with Gasteiger partial charge in [-0.15, -0.1) is 0 Å². The number of nitrogens with one attached hydrogen (secondary N) is 1. The molecule has 96 valence electrons. The van der Waals surface area contributed by atoms with E-state index in [0.717, 1.165) is 41.8 Å². The molecular weight excluding hydrogens is 220 g/mol. The summed E-state index contributed by atoms with van der Waals surface area (Å²) in [7, 11) is 0. The maximum Gasteiger partial charge on any atom is 0.0549 e. The SMILES string of the molecule is CCC#Cc1ccc(/C(N)=C/NCCC)c(C)c1. The Morgan fingerprint density at radius 1 is 1.39 bits per heavy atom. The van der Waals surface area contributed by atoms with Gasteiger partial charge in [0.05, 0.1) is 5.70 Å². The van der Waals surface area contributed by atoms with Gasteiger partial charge in [0.15, 0.2) is 0 Å². The Morgan fingerprint density at radius 3 is 2.78 bits per heavy atom. The average molecular weight is 242 g/mol. The molecule has 2 heteroatoms. The van der Waals surface area contributed by atoms with Crippen molar-refractivity contribution in [3.63, 3.8) is 0 Å². The highest BCUT2D eigenvalue weighted by molar-refractivity contribution is 5.66. The quantitative estimate of drug-likeness (QED) is 0.629. The molecule has 0 aliphatic carbocycles. The molecule has 2 nitrogen and oxygen atoms in total. The topological polar surface area (TPSA) is 38.0 Å². The summed E-state index contributed by atoms with van der Waals surface area (Å²) in [5, 5.41) is 3.19. The summed E-state index contributed by atoms with van der Waals surface area (Å²) in [5.74, 6) is 6.20. The number of rotatable bonds is 4. The average Bonchev–Trinajstić information content (AvgIpc) is 2.36. The van der Waals surface area contributed by atoms with Gasteiger partial charge in [0, 0.05) is 30.3 Å². The van der Waals surface area contributed by atoms with E-state index in [-0.39, 0.29) is 0 Å². The molecule has 1 aromatic carbocycles. The molecule has 1 aromatic rings. The fourth-order valence-electron chi connectivity index (χ4n) is 1.66. The van der Waals surface area contributed by atoms with Crippen LogP contribution in [0.1, 0.15) is 43.4 Å². The summed E-state index contributed by atoms with van der Waals surface area (Å²) in [6, 6.07) is 6.14. The number of nitrogens with two attached hydrogens (primary N) is 1. The van der Waals surface area contributed by atoms with Crippen LogP contribution in [0.25, 0.3) is 5.70 Å². The lowest BCUT2D eigenvalue weighted by Crippen LogP contribution is -2.10. The molecule has 0 aliphatic heterocycles. The highest BCUT2D eigenvalue weighted by atomic mass is 14.8. The second-order valence-corrected chi connectivity index (χ2v) is 4.24. The standard InChI is InChI=1S/C16H22N2/c1-4-6-7-14-8-9-15(13(3)11-14)16(17)12-18-10-5-2/h8-9,11-12,18H,4-5,10,17H2,1-3H3/b16-12-. The molecule has 0 amide bonds. The predicted molar refractivity (Wildman–Crippen MR) is 78.8 cm³/mol. The first kappa shape index (κ1) is 14.2. The largest absolute Gasteiger partial charge is 0.397 e. The number of aryl methyl sites for hydroxylation is 1. The third-order valence-electron chi connectivity index (χ3n) is 2.60. The second-order valence-electron chi connectivity index (χ2n) is 4.24. The van der Waals surface area contributed by atoms with Crippen molar-refractivity contribution in [3.8, 4) is 11.8 Å². The summed E-state index contributed by atoms with van der Waals surface area (Å²) in [6.45, 7) is 7.19. The van der Waals surface area contributed by atoms with E-state index < -0.39 is 0 Å². The van der Waals surface area contributed by atoms with E-state index in [2.05, 4.69) is 37.1 Å². The molecule has 0 saturated heterocycles. The van der Waals surface area contributed by atoms with Crippen molar-refractivity contribution in [2.24, 2.45) is 5.73 Å². The first-order chi connectivity index (χ1) is 8.69. The highest BCUT2D eigenvalue weighted by Crippen LogP contribution is 2.15. The zero-order valence-electron chi connectivity index (χ0n) is 11.5. The third kappa shape index (κ3) is 4.18. The Balaban J connectivity index is 2.88. The maximum absolute atomic E-state index is 6.05. The summed E-state index contributed by atoms with van der Waals surface area (Å²) >= 11 is 0. The van der Waals surface area contributed by atoms with Gasteiger partial charge in [0.2, 0.25) is 0 Å². The molecule has 0 saturated carbocycles. The monoisotopic (exact) mass is 242 g/mol. The van der Waals surface area contributed by atoms with E-state index in [1.54, 1.807) is 0 Å². The predicted octanol–water partition coefficient (Wildman–Crippen LogP) is 3.01. The summed E-state index contributed by atoms with van der Waals surface area (Å²) in [6.07, 6.45) is 3.85. The van der Waals surface area contributed by atoms with Crippen molar-refractivity contribution >= 4 is 5.70 Å². The van der Waals surface area contributed by atoms with Gasteiger partial charge in [-0.05, 0) is 31.0 Å². The number of hydrogen-bond donors (Lipinski definition) is 2. The smallest absolute Gasteiger partial charge is 0.0549 e. The minimum Gasteiger partial charge on any atom is -0.397 e. The minimum absolute atomic E-state index is 0.774. The van der Waals surface area contributed by atoms with Gasteiger partial charge < -0.3 is 11.1 Å². The fourth-order valence-corrected chi connectivity index (χ4v) is 1.66. The van der Waals surface area contributed by atoms with E-state index >= 15 is 0 Å². The van der Waals surface area contributed by atoms with Gasteiger partial charge in [-0.2, -0.15) is 0 Å². The van der Waals surface area contributed by atoms with Crippen molar-refractivity contribution in [2.45, 2.75) is 33.6 Å². The highest BCUT2D eigenvalue weighted by Gasteiger charge is 2.01. The second kappa shape index (κ2) is 7.45. The zero-order chi connectivity index (χ0) is 13.4.